The van der Waals surface area contributed by atoms with Gasteiger partial charge in [0.1, 0.15) is 5.69 Å². The standard InChI is InChI=1S/C13H13Cl2N3O2/c14-8-5-10(15)11(16-6-8)12-17-13(20-18-12)7-1-3-9(19)4-2-7/h5-7,9,19H,1-4H2. The van der Waals surface area contributed by atoms with Crippen LogP contribution in [0.3, 0.4) is 0 Å². The molecule has 0 spiro atoms. The number of halogens is 2. The van der Waals surface area contributed by atoms with Gasteiger partial charge in [-0.15, -0.1) is 0 Å². The average Bonchev–Trinajstić information content (AvgIpc) is 2.89. The lowest BCUT2D eigenvalue weighted by Gasteiger charge is -2.22. The van der Waals surface area contributed by atoms with Gasteiger partial charge in [-0.2, -0.15) is 4.98 Å². The van der Waals surface area contributed by atoms with E-state index in [9.17, 15) is 5.11 Å². The van der Waals surface area contributed by atoms with Crippen LogP contribution in [0, 0.1) is 0 Å². The number of pyridine rings is 1. The quantitative estimate of drug-likeness (QED) is 0.919. The number of aromatic nitrogens is 3. The minimum Gasteiger partial charge on any atom is -0.393 e. The molecule has 2 aromatic rings. The Bertz CT molecular complexity index is 609. The van der Waals surface area contributed by atoms with Gasteiger partial charge in [0.05, 0.1) is 16.1 Å². The zero-order valence-corrected chi connectivity index (χ0v) is 12.1. The summed E-state index contributed by atoms with van der Waals surface area (Å²) >= 11 is 11.9. The molecule has 0 amide bonds. The molecule has 1 fully saturated rings. The van der Waals surface area contributed by atoms with Crippen LogP contribution in [-0.4, -0.2) is 26.3 Å². The van der Waals surface area contributed by atoms with Crippen molar-refractivity contribution in [3.8, 4) is 11.5 Å². The van der Waals surface area contributed by atoms with Gasteiger partial charge in [-0.1, -0.05) is 28.4 Å². The van der Waals surface area contributed by atoms with Gasteiger partial charge in [0.2, 0.25) is 11.7 Å². The van der Waals surface area contributed by atoms with Crippen LogP contribution in [0.1, 0.15) is 37.5 Å². The van der Waals surface area contributed by atoms with Crippen LogP contribution < -0.4 is 0 Å². The SMILES string of the molecule is OC1CCC(c2nc(-c3ncc(Cl)cc3Cl)no2)CC1. The van der Waals surface area contributed by atoms with Crippen molar-refractivity contribution in [1.29, 1.82) is 0 Å². The molecule has 106 valence electrons. The summed E-state index contributed by atoms with van der Waals surface area (Å²) in [6.45, 7) is 0. The highest BCUT2D eigenvalue weighted by atomic mass is 35.5. The topological polar surface area (TPSA) is 72.0 Å². The van der Waals surface area contributed by atoms with E-state index >= 15 is 0 Å². The van der Waals surface area contributed by atoms with Crippen LogP contribution in [-0.2, 0) is 0 Å². The lowest BCUT2D eigenvalue weighted by atomic mass is 9.87. The van der Waals surface area contributed by atoms with Gasteiger partial charge in [-0.25, -0.2) is 4.98 Å². The largest absolute Gasteiger partial charge is 0.393 e. The van der Waals surface area contributed by atoms with Crippen molar-refractivity contribution in [1.82, 2.24) is 15.1 Å². The van der Waals surface area contributed by atoms with Crippen LogP contribution in [0.4, 0.5) is 0 Å². The number of hydrogen-bond donors (Lipinski definition) is 1. The molecule has 0 aliphatic heterocycles. The third-order valence-electron chi connectivity index (χ3n) is 3.51. The van der Waals surface area contributed by atoms with Crippen LogP contribution in [0.15, 0.2) is 16.8 Å². The van der Waals surface area contributed by atoms with E-state index in [4.69, 9.17) is 27.7 Å². The Hall–Kier alpha value is -1.17. The Labute approximate surface area is 125 Å². The minimum atomic E-state index is -0.207. The molecule has 0 atom stereocenters. The molecule has 5 nitrogen and oxygen atoms in total. The van der Waals surface area contributed by atoms with E-state index in [-0.39, 0.29) is 12.0 Å². The van der Waals surface area contributed by atoms with Crippen molar-refractivity contribution in [3.63, 3.8) is 0 Å². The maximum absolute atomic E-state index is 9.51. The summed E-state index contributed by atoms with van der Waals surface area (Å²) in [6.07, 6.45) is 4.52. The van der Waals surface area contributed by atoms with Crippen molar-refractivity contribution in [2.75, 3.05) is 0 Å². The van der Waals surface area contributed by atoms with Gasteiger partial charge in [-0.05, 0) is 31.7 Å². The van der Waals surface area contributed by atoms with Gasteiger partial charge in [0.25, 0.3) is 0 Å². The van der Waals surface area contributed by atoms with E-state index in [1.165, 1.54) is 6.20 Å². The van der Waals surface area contributed by atoms with Crippen molar-refractivity contribution in [2.45, 2.75) is 37.7 Å². The summed E-state index contributed by atoms with van der Waals surface area (Å²) in [4.78, 5) is 8.50. The molecule has 0 saturated heterocycles. The van der Waals surface area contributed by atoms with Crippen molar-refractivity contribution in [3.05, 3.63) is 28.2 Å². The second kappa shape index (κ2) is 5.68. The third kappa shape index (κ3) is 2.80. The lowest BCUT2D eigenvalue weighted by molar-refractivity contribution is 0.116. The van der Waals surface area contributed by atoms with E-state index in [1.54, 1.807) is 6.07 Å². The van der Waals surface area contributed by atoms with Crippen molar-refractivity contribution < 1.29 is 9.63 Å². The van der Waals surface area contributed by atoms with Crippen LogP contribution >= 0.6 is 23.2 Å². The maximum atomic E-state index is 9.51. The molecule has 0 aromatic carbocycles. The molecule has 0 unspecified atom stereocenters. The maximum Gasteiger partial charge on any atom is 0.230 e. The fraction of sp³-hybridized carbons (Fsp3) is 0.462. The molecule has 1 aliphatic rings. The molecule has 3 rings (SSSR count). The van der Waals surface area contributed by atoms with Crippen LogP contribution in [0.5, 0.6) is 0 Å². The molecule has 20 heavy (non-hydrogen) atoms. The Balaban J connectivity index is 1.83. The van der Waals surface area contributed by atoms with Gasteiger partial charge in [0, 0.05) is 12.1 Å². The molecular weight excluding hydrogens is 301 g/mol. The van der Waals surface area contributed by atoms with E-state index < -0.39 is 0 Å². The van der Waals surface area contributed by atoms with Gasteiger partial charge >= 0.3 is 0 Å². The van der Waals surface area contributed by atoms with Crippen LogP contribution in [0.25, 0.3) is 11.5 Å². The first kappa shape index (κ1) is 13.8. The first-order chi connectivity index (χ1) is 9.63. The third-order valence-corrected chi connectivity index (χ3v) is 4.00. The number of hydrogen-bond acceptors (Lipinski definition) is 5. The summed E-state index contributed by atoms with van der Waals surface area (Å²) in [5, 5.41) is 14.3. The van der Waals surface area contributed by atoms with Gasteiger partial charge < -0.3 is 9.63 Å². The molecule has 7 heteroatoms. The number of aliphatic hydroxyl groups is 1. The van der Waals surface area contributed by atoms with Crippen LogP contribution in [0.2, 0.25) is 10.0 Å². The zero-order valence-electron chi connectivity index (χ0n) is 10.6. The second-order valence-corrected chi connectivity index (χ2v) is 5.79. The number of rotatable bonds is 2. The minimum absolute atomic E-state index is 0.200. The highest BCUT2D eigenvalue weighted by Gasteiger charge is 2.26. The summed E-state index contributed by atoms with van der Waals surface area (Å²) in [5.74, 6) is 1.15. The van der Waals surface area contributed by atoms with Crippen molar-refractivity contribution in [2.24, 2.45) is 0 Å². The van der Waals surface area contributed by atoms with Gasteiger partial charge in [-0.3, -0.25) is 0 Å². The predicted molar refractivity (Wildman–Crippen MR) is 74.8 cm³/mol. The average molecular weight is 314 g/mol. The Morgan fingerprint density at radius 2 is 1.95 bits per heavy atom. The molecule has 0 radical (unpaired) electrons. The van der Waals surface area contributed by atoms with E-state index in [2.05, 4.69) is 15.1 Å². The zero-order chi connectivity index (χ0) is 14.1. The Kier molecular flexibility index (Phi) is 3.92. The van der Waals surface area contributed by atoms with Gasteiger partial charge in [0.15, 0.2) is 0 Å². The summed E-state index contributed by atoms with van der Waals surface area (Å²) < 4.78 is 5.30. The highest BCUT2D eigenvalue weighted by Crippen LogP contribution is 2.33. The summed E-state index contributed by atoms with van der Waals surface area (Å²) in [7, 11) is 0. The smallest absolute Gasteiger partial charge is 0.230 e. The van der Waals surface area contributed by atoms with Crippen molar-refractivity contribution >= 4 is 23.2 Å². The normalized spacial score (nSPS) is 22.9. The second-order valence-electron chi connectivity index (χ2n) is 4.95. The highest BCUT2D eigenvalue weighted by molar-refractivity contribution is 6.35. The molecule has 0 bridgehead atoms. The Morgan fingerprint density at radius 3 is 2.65 bits per heavy atom. The number of nitrogens with zero attached hydrogens (tertiary/aromatic N) is 3. The lowest BCUT2D eigenvalue weighted by Crippen LogP contribution is -2.17. The molecule has 1 aliphatic carbocycles. The molecule has 2 aromatic heterocycles. The van der Waals surface area contributed by atoms with E-state index in [0.717, 1.165) is 25.7 Å². The van der Waals surface area contributed by atoms with E-state index in [1.807, 2.05) is 0 Å². The molecule has 1 saturated carbocycles. The van der Waals surface area contributed by atoms with E-state index in [0.29, 0.717) is 27.5 Å². The summed E-state index contributed by atoms with van der Waals surface area (Å²) in [6, 6.07) is 1.60. The fourth-order valence-corrected chi connectivity index (χ4v) is 2.86. The summed E-state index contributed by atoms with van der Waals surface area (Å²) in [5.41, 5.74) is 0.460. The Morgan fingerprint density at radius 1 is 1.20 bits per heavy atom. The number of aliphatic hydroxyl groups excluding tert-OH is 1. The molecule has 1 N–H and O–H groups in total. The first-order valence-corrected chi connectivity index (χ1v) is 7.22. The monoisotopic (exact) mass is 313 g/mol. The predicted octanol–water partition coefficient (Wildman–Crippen LogP) is 3.46. The fourth-order valence-electron chi connectivity index (χ4n) is 2.40. The molecular formula is C13H13Cl2N3O2. The first-order valence-electron chi connectivity index (χ1n) is 6.46. The molecule has 2 heterocycles.